The van der Waals surface area contributed by atoms with Gasteiger partial charge in [0.15, 0.2) is 5.69 Å². The number of hydrogen-bond acceptors (Lipinski definition) is 4. The zero-order valence-corrected chi connectivity index (χ0v) is 15.6. The van der Waals surface area contributed by atoms with E-state index in [1.807, 2.05) is 55.4 Å². The molecule has 0 saturated heterocycles. The molecule has 3 aromatic rings. The summed E-state index contributed by atoms with van der Waals surface area (Å²) in [6.45, 7) is 2.03. The summed E-state index contributed by atoms with van der Waals surface area (Å²) >= 11 is 0. The van der Waals surface area contributed by atoms with Crippen LogP contribution in [0.2, 0.25) is 0 Å². The number of amides is 1. The van der Waals surface area contributed by atoms with Crippen LogP contribution in [0.25, 0.3) is 11.5 Å². The van der Waals surface area contributed by atoms with Crippen molar-refractivity contribution in [3.05, 3.63) is 77.4 Å². The van der Waals surface area contributed by atoms with E-state index in [9.17, 15) is 9.18 Å². The first-order chi connectivity index (χ1) is 13.0. The highest BCUT2D eigenvalue weighted by Gasteiger charge is 2.21. The van der Waals surface area contributed by atoms with Crippen LogP contribution in [0.15, 0.2) is 59.0 Å². The zero-order valence-electron chi connectivity index (χ0n) is 15.6. The maximum atomic E-state index is 13.5. The van der Waals surface area contributed by atoms with Gasteiger partial charge in [0.05, 0.1) is 6.04 Å². The molecular formula is C21H22FN3O2. The normalized spacial score (nSPS) is 12.2. The molecule has 0 fully saturated rings. The molecule has 1 N–H and O–H groups in total. The number of halogens is 1. The third-order valence-electron chi connectivity index (χ3n) is 4.35. The van der Waals surface area contributed by atoms with Gasteiger partial charge in [-0.3, -0.25) is 4.79 Å². The van der Waals surface area contributed by atoms with Crippen molar-refractivity contribution in [2.75, 3.05) is 20.6 Å². The summed E-state index contributed by atoms with van der Waals surface area (Å²) in [5.74, 6) is 0.248. The van der Waals surface area contributed by atoms with E-state index in [1.54, 1.807) is 13.0 Å². The number of carbonyl (C=O) groups excluding carboxylic acids is 1. The molecule has 6 heteroatoms. The van der Waals surface area contributed by atoms with Crippen molar-refractivity contribution in [3.63, 3.8) is 0 Å². The fraction of sp³-hybridized carbons (Fsp3) is 0.238. The first-order valence-corrected chi connectivity index (χ1v) is 8.68. The van der Waals surface area contributed by atoms with Gasteiger partial charge in [0.2, 0.25) is 5.89 Å². The molecule has 1 unspecified atom stereocenters. The Hall–Kier alpha value is -2.99. The van der Waals surface area contributed by atoms with E-state index in [1.165, 1.54) is 12.1 Å². The van der Waals surface area contributed by atoms with E-state index >= 15 is 0 Å². The third kappa shape index (κ3) is 4.41. The standard InChI is InChI=1S/C21H22FN3O2/c1-14-19(24-21(27-14)15-8-5-4-6-9-15)20(26)23-13-18(25(2)3)16-10-7-11-17(22)12-16/h4-12,18H,13H2,1-3H3,(H,23,26). The Bertz CT molecular complexity index is 922. The molecule has 0 saturated carbocycles. The second-order valence-electron chi connectivity index (χ2n) is 6.53. The lowest BCUT2D eigenvalue weighted by molar-refractivity contribution is 0.0936. The SMILES string of the molecule is Cc1oc(-c2ccccc2)nc1C(=O)NCC(c1cccc(F)c1)N(C)C. The average Bonchev–Trinajstić information content (AvgIpc) is 3.04. The molecule has 2 aromatic carbocycles. The van der Waals surface area contributed by atoms with E-state index in [2.05, 4.69) is 10.3 Å². The Morgan fingerprint density at radius 3 is 2.59 bits per heavy atom. The lowest BCUT2D eigenvalue weighted by Crippen LogP contribution is -2.35. The molecular weight excluding hydrogens is 345 g/mol. The minimum absolute atomic E-state index is 0.162. The molecule has 1 amide bonds. The number of aromatic nitrogens is 1. The highest BCUT2D eigenvalue weighted by molar-refractivity contribution is 5.93. The first-order valence-electron chi connectivity index (χ1n) is 8.68. The molecule has 0 spiro atoms. The number of rotatable bonds is 6. The monoisotopic (exact) mass is 367 g/mol. The summed E-state index contributed by atoms with van der Waals surface area (Å²) in [4.78, 5) is 18.9. The van der Waals surface area contributed by atoms with E-state index in [4.69, 9.17) is 4.42 Å². The van der Waals surface area contributed by atoms with Gasteiger partial charge in [0, 0.05) is 12.1 Å². The van der Waals surface area contributed by atoms with Gasteiger partial charge in [0.25, 0.3) is 5.91 Å². The molecule has 1 heterocycles. The molecule has 3 rings (SSSR count). The summed E-state index contributed by atoms with van der Waals surface area (Å²) in [5, 5.41) is 2.88. The number of benzene rings is 2. The number of carbonyl (C=O) groups is 1. The van der Waals surface area contributed by atoms with Crippen LogP contribution in [0, 0.1) is 12.7 Å². The van der Waals surface area contributed by atoms with E-state index in [-0.39, 0.29) is 23.5 Å². The van der Waals surface area contributed by atoms with Crippen molar-refractivity contribution < 1.29 is 13.6 Å². The van der Waals surface area contributed by atoms with E-state index in [0.29, 0.717) is 18.2 Å². The lowest BCUT2D eigenvalue weighted by atomic mass is 10.1. The first kappa shape index (κ1) is 18.8. The second-order valence-corrected chi connectivity index (χ2v) is 6.53. The van der Waals surface area contributed by atoms with Crippen LogP contribution in [0.1, 0.15) is 27.9 Å². The van der Waals surface area contributed by atoms with Gasteiger partial charge in [0.1, 0.15) is 11.6 Å². The number of nitrogens with one attached hydrogen (secondary N) is 1. The van der Waals surface area contributed by atoms with Gasteiger partial charge in [-0.1, -0.05) is 30.3 Å². The lowest BCUT2D eigenvalue weighted by Gasteiger charge is -2.25. The predicted octanol–water partition coefficient (Wildman–Crippen LogP) is 3.82. The van der Waals surface area contributed by atoms with Gasteiger partial charge < -0.3 is 14.6 Å². The molecule has 0 radical (unpaired) electrons. The summed E-state index contributed by atoms with van der Waals surface area (Å²) in [6.07, 6.45) is 0. The summed E-state index contributed by atoms with van der Waals surface area (Å²) < 4.78 is 19.2. The highest BCUT2D eigenvalue weighted by Crippen LogP contribution is 2.22. The summed E-state index contributed by atoms with van der Waals surface area (Å²) in [5.41, 5.74) is 1.86. The number of likely N-dealkylation sites (N-methyl/N-ethyl adjacent to an activating group) is 1. The summed E-state index contributed by atoms with van der Waals surface area (Å²) in [7, 11) is 3.77. The van der Waals surface area contributed by atoms with Crippen molar-refractivity contribution in [2.45, 2.75) is 13.0 Å². The van der Waals surface area contributed by atoms with Gasteiger partial charge in [-0.15, -0.1) is 0 Å². The van der Waals surface area contributed by atoms with Crippen molar-refractivity contribution in [1.82, 2.24) is 15.2 Å². The average molecular weight is 367 g/mol. The van der Waals surface area contributed by atoms with Gasteiger partial charge in [-0.2, -0.15) is 0 Å². The maximum Gasteiger partial charge on any atom is 0.273 e. The molecule has 27 heavy (non-hydrogen) atoms. The quantitative estimate of drug-likeness (QED) is 0.720. The fourth-order valence-electron chi connectivity index (χ4n) is 2.90. The maximum absolute atomic E-state index is 13.5. The van der Waals surface area contributed by atoms with Crippen molar-refractivity contribution in [3.8, 4) is 11.5 Å². The number of hydrogen-bond donors (Lipinski definition) is 1. The fourth-order valence-corrected chi connectivity index (χ4v) is 2.90. The molecule has 0 aliphatic heterocycles. The van der Waals surface area contributed by atoms with Gasteiger partial charge >= 0.3 is 0 Å². The van der Waals surface area contributed by atoms with Crippen molar-refractivity contribution >= 4 is 5.91 Å². The third-order valence-corrected chi connectivity index (χ3v) is 4.35. The Labute approximate surface area is 157 Å². The molecule has 1 aromatic heterocycles. The number of nitrogens with zero attached hydrogens (tertiary/aromatic N) is 2. The Kier molecular flexibility index (Phi) is 5.66. The van der Waals surface area contributed by atoms with E-state index < -0.39 is 0 Å². The molecule has 1 atom stereocenters. The number of oxazole rings is 1. The minimum Gasteiger partial charge on any atom is -0.441 e. The summed E-state index contributed by atoms with van der Waals surface area (Å²) in [6, 6.07) is 15.6. The largest absolute Gasteiger partial charge is 0.441 e. The predicted molar refractivity (Wildman–Crippen MR) is 102 cm³/mol. The van der Waals surface area contributed by atoms with Crippen LogP contribution in [-0.2, 0) is 0 Å². The molecule has 140 valence electrons. The van der Waals surface area contributed by atoms with Crippen LogP contribution in [0.5, 0.6) is 0 Å². The molecule has 5 nitrogen and oxygen atoms in total. The molecule has 0 aliphatic carbocycles. The van der Waals surface area contributed by atoms with Crippen molar-refractivity contribution in [1.29, 1.82) is 0 Å². The van der Waals surface area contributed by atoms with Crippen LogP contribution < -0.4 is 5.32 Å². The van der Waals surface area contributed by atoms with Gasteiger partial charge in [-0.25, -0.2) is 9.37 Å². The van der Waals surface area contributed by atoms with Crippen LogP contribution in [-0.4, -0.2) is 36.4 Å². The second kappa shape index (κ2) is 8.14. The smallest absolute Gasteiger partial charge is 0.273 e. The van der Waals surface area contributed by atoms with Crippen LogP contribution in [0.4, 0.5) is 4.39 Å². The Morgan fingerprint density at radius 1 is 1.19 bits per heavy atom. The minimum atomic E-state index is -0.318. The molecule has 0 bridgehead atoms. The topological polar surface area (TPSA) is 58.4 Å². The van der Waals surface area contributed by atoms with E-state index in [0.717, 1.165) is 11.1 Å². The van der Waals surface area contributed by atoms with Crippen molar-refractivity contribution in [2.24, 2.45) is 0 Å². The Balaban J connectivity index is 1.74. The Morgan fingerprint density at radius 2 is 1.93 bits per heavy atom. The van der Waals surface area contributed by atoms with Gasteiger partial charge in [-0.05, 0) is 50.8 Å². The van der Waals surface area contributed by atoms with Crippen LogP contribution in [0.3, 0.4) is 0 Å². The highest BCUT2D eigenvalue weighted by atomic mass is 19.1. The molecule has 0 aliphatic rings. The van der Waals surface area contributed by atoms with Crippen LogP contribution >= 0.6 is 0 Å². The number of aryl methyl sites for hydroxylation is 1. The zero-order chi connectivity index (χ0) is 19.4.